The zero-order chi connectivity index (χ0) is 13.5. The van der Waals surface area contributed by atoms with Gasteiger partial charge in [-0.3, -0.25) is 0 Å². The van der Waals surface area contributed by atoms with Gasteiger partial charge in [0.15, 0.2) is 0 Å². The molecule has 0 aromatic heterocycles. The first kappa shape index (κ1) is 15.4. The van der Waals surface area contributed by atoms with Crippen molar-refractivity contribution in [3.63, 3.8) is 0 Å². The first-order valence-corrected chi connectivity index (χ1v) is 9.05. The van der Waals surface area contributed by atoms with Crippen LogP contribution in [0.15, 0.2) is 0 Å². The SMILES string of the molecule is CCCC1CCCC(N[C@H](C)C2CCCCC2)CC1. The lowest BCUT2D eigenvalue weighted by atomic mass is 9.84. The van der Waals surface area contributed by atoms with Gasteiger partial charge in [-0.2, -0.15) is 0 Å². The molecule has 0 bridgehead atoms. The van der Waals surface area contributed by atoms with Crippen molar-refractivity contribution in [1.82, 2.24) is 5.32 Å². The fourth-order valence-electron chi connectivity index (χ4n) is 4.38. The molecule has 2 unspecified atom stereocenters. The van der Waals surface area contributed by atoms with Crippen LogP contribution in [0, 0.1) is 11.8 Å². The van der Waals surface area contributed by atoms with Crippen molar-refractivity contribution in [1.29, 1.82) is 0 Å². The van der Waals surface area contributed by atoms with Gasteiger partial charge in [0.05, 0.1) is 0 Å². The number of hydrogen-bond acceptors (Lipinski definition) is 1. The molecule has 3 atom stereocenters. The predicted octanol–water partition coefficient (Wildman–Crippen LogP) is 5.29. The molecular formula is C18H35N. The average molecular weight is 265 g/mol. The fourth-order valence-corrected chi connectivity index (χ4v) is 4.38. The van der Waals surface area contributed by atoms with Gasteiger partial charge in [0.1, 0.15) is 0 Å². The molecule has 0 aromatic rings. The summed E-state index contributed by atoms with van der Waals surface area (Å²) in [6.07, 6.45) is 17.5. The standard InChI is InChI=1S/C18H35N/c1-3-8-16-9-7-12-18(14-13-16)19-15(2)17-10-5-4-6-11-17/h15-19H,3-14H2,1-2H3/t15-,16?,18?/m1/s1. The van der Waals surface area contributed by atoms with E-state index in [1.807, 2.05) is 0 Å². The van der Waals surface area contributed by atoms with Crippen LogP contribution >= 0.6 is 0 Å². The zero-order valence-corrected chi connectivity index (χ0v) is 13.3. The Morgan fingerprint density at radius 1 is 0.895 bits per heavy atom. The lowest BCUT2D eigenvalue weighted by Gasteiger charge is -2.31. The highest BCUT2D eigenvalue weighted by Crippen LogP contribution is 2.29. The van der Waals surface area contributed by atoms with E-state index < -0.39 is 0 Å². The van der Waals surface area contributed by atoms with E-state index in [1.54, 1.807) is 0 Å². The Hall–Kier alpha value is -0.0400. The smallest absolute Gasteiger partial charge is 0.00697 e. The van der Waals surface area contributed by atoms with Gasteiger partial charge in [-0.15, -0.1) is 0 Å². The Labute approximate surface area is 120 Å². The van der Waals surface area contributed by atoms with E-state index >= 15 is 0 Å². The summed E-state index contributed by atoms with van der Waals surface area (Å²) in [6, 6.07) is 1.58. The van der Waals surface area contributed by atoms with Crippen molar-refractivity contribution in [2.45, 2.75) is 103 Å². The Kier molecular flexibility index (Phi) is 6.70. The summed E-state index contributed by atoms with van der Waals surface area (Å²) in [5.74, 6) is 1.99. The maximum absolute atomic E-state index is 3.99. The van der Waals surface area contributed by atoms with Gasteiger partial charge in [-0.25, -0.2) is 0 Å². The van der Waals surface area contributed by atoms with E-state index in [9.17, 15) is 0 Å². The molecule has 1 heteroatoms. The molecule has 2 aliphatic rings. The van der Waals surface area contributed by atoms with E-state index in [2.05, 4.69) is 19.2 Å². The molecule has 0 amide bonds. The van der Waals surface area contributed by atoms with Crippen LogP contribution in [0.3, 0.4) is 0 Å². The molecule has 112 valence electrons. The third-order valence-electron chi connectivity index (χ3n) is 5.64. The van der Waals surface area contributed by atoms with Crippen molar-refractivity contribution in [2.24, 2.45) is 11.8 Å². The molecular weight excluding hydrogens is 230 g/mol. The molecule has 0 heterocycles. The maximum Gasteiger partial charge on any atom is 0.00697 e. The average Bonchev–Trinajstić information content (AvgIpc) is 2.66. The lowest BCUT2D eigenvalue weighted by Crippen LogP contribution is -2.41. The number of rotatable bonds is 5. The second kappa shape index (κ2) is 8.29. The third kappa shape index (κ3) is 5.10. The minimum atomic E-state index is 0.757. The Morgan fingerprint density at radius 2 is 1.68 bits per heavy atom. The summed E-state index contributed by atoms with van der Waals surface area (Å²) in [5, 5.41) is 3.99. The quantitative estimate of drug-likeness (QED) is 0.666. The van der Waals surface area contributed by atoms with Crippen molar-refractivity contribution in [3.05, 3.63) is 0 Å². The van der Waals surface area contributed by atoms with Gasteiger partial charge in [0, 0.05) is 12.1 Å². The summed E-state index contributed by atoms with van der Waals surface area (Å²) < 4.78 is 0. The van der Waals surface area contributed by atoms with Crippen molar-refractivity contribution >= 4 is 0 Å². The van der Waals surface area contributed by atoms with Crippen molar-refractivity contribution in [2.75, 3.05) is 0 Å². The van der Waals surface area contributed by atoms with Crippen LogP contribution in [0.1, 0.15) is 90.9 Å². The summed E-state index contributed by atoms with van der Waals surface area (Å²) in [6.45, 7) is 4.79. The van der Waals surface area contributed by atoms with E-state index in [-0.39, 0.29) is 0 Å². The molecule has 0 aromatic carbocycles. The summed E-state index contributed by atoms with van der Waals surface area (Å²) in [4.78, 5) is 0. The summed E-state index contributed by atoms with van der Waals surface area (Å²) >= 11 is 0. The first-order chi connectivity index (χ1) is 9.29. The van der Waals surface area contributed by atoms with Gasteiger partial charge >= 0.3 is 0 Å². The minimum absolute atomic E-state index is 0.757. The molecule has 2 fully saturated rings. The normalized spacial score (nSPS) is 31.9. The maximum atomic E-state index is 3.99. The second-order valence-corrected chi connectivity index (χ2v) is 7.21. The molecule has 0 radical (unpaired) electrons. The van der Waals surface area contributed by atoms with Crippen molar-refractivity contribution in [3.8, 4) is 0 Å². The van der Waals surface area contributed by atoms with Crippen LogP contribution < -0.4 is 5.32 Å². The van der Waals surface area contributed by atoms with E-state index in [1.165, 1.54) is 77.0 Å². The summed E-state index contributed by atoms with van der Waals surface area (Å²) in [7, 11) is 0. The monoisotopic (exact) mass is 265 g/mol. The number of nitrogens with one attached hydrogen (secondary N) is 1. The molecule has 2 saturated carbocycles. The second-order valence-electron chi connectivity index (χ2n) is 7.21. The van der Waals surface area contributed by atoms with Crippen molar-refractivity contribution < 1.29 is 0 Å². The molecule has 2 rings (SSSR count). The van der Waals surface area contributed by atoms with Crippen LogP contribution in [-0.2, 0) is 0 Å². The Morgan fingerprint density at radius 3 is 2.42 bits per heavy atom. The van der Waals surface area contributed by atoms with Crippen LogP contribution in [0.4, 0.5) is 0 Å². The lowest BCUT2D eigenvalue weighted by molar-refractivity contribution is 0.255. The van der Waals surface area contributed by atoms with Crippen LogP contribution in [0.2, 0.25) is 0 Å². The fraction of sp³-hybridized carbons (Fsp3) is 1.00. The number of hydrogen-bond donors (Lipinski definition) is 1. The topological polar surface area (TPSA) is 12.0 Å². The molecule has 0 aliphatic heterocycles. The molecule has 1 N–H and O–H groups in total. The van der Waals surface area contributed by atoms with E-state index in [4.69, 9.17) is 0 Å². The zero-order valence-electron chi connectivity index (χ0n) is 13.3. The highest BCUT2D eigenvalue weighted by atomic mass is 14.9. The Balaban J connectivity index is 1.72. The molecule has 2 aliphatic carbocycles. The first-order valence-electron chi connectivity index (χ1n) is 9.05. The Bertz CT molecular complexity index is 232. The van der Waals surface area contributed by atoms with Gasteiger partial charge in [-0.1, -0.05) is 51.9 Å². The molecule has 0 spiro atoms. The third-order valence-corrected chi connectivity index (χ3v) is 5.64. The van der Waals surface area contributed by atoms with Crippen LogP contribution in [-0.4, -0.2) is 12.1 Å². The van der Waals surface area contributed by atoms with Gasteiger partial charge < -0.3 is 5.32 Å². The largest absolute Gasteiger partial charge is 0.311 e. The summed E-state index contributed by atoms with van der Waals surface area (Å²) in [5.41, 5.74) is 0. The predicted molar refractivity (Wildman–Crippen MR) is 84.4 cm³/mol. The van der Waals surface area contributed by atoms with Gasteiger partial charge in [0.25, 0.3) is 0 Å². The minimum Gasteiger partial charge on any atom is -0.311 e. The van der Waals surface area contributed by atoms with Crippen LogP contribution in [0.25, 0.3) is 0 Å². The van der Waals surface area contributed by atoms with Gasteiger partial charge in [0.2, 0.25) is 0 Å². The molecule has 19 heavy (non-hydrogen) atoms. The molecule has 1 nitrogen and oxygen atoms in total. The van der Waals surface area contributed by atoms with Crippen LogP contribution in [0.5, 0.6) is 0 Å². The van der Waals surface area contributed by atoms with E-state index in [0.717, 1.165) is 23.9 Å². The van der Waals surface area contributed by atoms with Gasteiger partial charge in [-0.05, 0) is 50.9 Å². The van der Waals surface area contributed by atoms with E-state index in [0.29, 0.717) is 0 Å². The highest BCUT2D eigenvalue weighted by Gasteiger charge is 2.24. The highest BCUT2D eigenvalue weighted by molar-refractivity contribution is 4.82. The molecule has 0 saturated heterocycles.